The Morgan fingerprint density at radius 3 is 2.38 bits per heavy atom. The van der Waals surface area contributed by atoms with E-state index >= 15 is 0 Å². The quantitative estimate of drug-likeness (QED) is 0.447. The van der Waals surface area contributed by atoms with Crippen LogP contribution in [0.15, 0.2) is 60.7 Å². The molecule has 0 atom stereocenters. The first-order valence-corrected chi connectivity index (χ1v) is 9.85. The summed E-state index contributed by atoms with van der Waals surface area (Å²) >= 11 is 5.26. The molecular formula is C22H18FN5O3S. The molecule has 0 radical (unpaired) electrons. The summed E-state index contributed by atoms with van der Waals surface area (Å²) in [5.41, 5.74) is 2.88. The van der Waals surface area contributed by atoms with Crippen molar-refractivity contribution >= 4 is 40.0 Å². The Morgan fingerprint density at radius 2 is 1.66 bits per heavy atom. The smallest absolute Gasteiger partial charge is 0.257 e. The summed E-state index contributed by atoms with van der Waals surface area (Å²) < 4.78 is 23.5. The Kier molecular flexibility index (Phi) is 5.95. The average Bonchev–Trinajstić information content (AvgIpc) is 3.22. The minimum absolute atomic E-state index is 0.120. The number of hydrogen-bond donors (Lipinski definition) is 2. The van der Waals surface area contributed by atoms with Crippen LogP contribution in [0.3, 0.4) is 0 Å². The number of rotatable bonds is 5. The number of methoxy groups -OCH3 is 2. The van der Waals surface area contributed by atoms with Gasteiger partial charge >= 0.3 is 0 Å². The van der Waals surface area contributed by atoms with Crippen molar-refractivity contribution in [2.24, 2.45) is 0 Å². The summed E-state index contributed by atoms with van der Waals surface area (Å²) in [4.78, 5) is 13.9. The standard InChI is InChI=1S/C22H18FN5O3S/c1-30-19-10-3-13(11-20(19)31-2)21(29)25-22(32)24-15-6-9-17-18(12-15)27-28(26-17)16-7-4-14(23)5-8-16/h3-12H,1-2H3,(H2,24,25,29,32). The predicted octanol–water partition coefficient (Wildman–Crippen LogP) is 3.70. The number of nitrogens with one attached hydrogen (secondary N) is 2. The Morgan fingerprint density at radius 1 is 0.938 bits per heavy atom. The third-order valence-corrected chi connectivity index (χ3v) is 4.77. The number of hydrogen-bond acceptors (Lipinski definition) is 6. The summed E-state index contributed by atoms with van der Waals surface area (Å²) in [5.74, 6) is 0.229. The normalized spacial score (nSPS) is 10.6. The van der Waals surface area contributed by atoms with Gasteiger partial charge in [-0.25, -0.2) is 4.39 Å². The predicted molar refractivity (Wildman–Crippen MR) is 122 cm³/mol. The molecular weight excluding hydrogens is 433 g/mol. The number of fused-ring (bicyclic) bond motifs is 1. The number of halogens is 1. The average molecular weight is 451 g/mol. The maximum Gasteiger partial charge on any atom is 0.257 e. The molecule has 10 heteroatoms. The molecule has 8 nitrogen and oxygen atoms in total. The van der Waals surface area contributed by atoms with E-state index < -0.39 is 5.91 Å². The van der Waals surface area contributed by atoms with Crippen LogP contribution in [-0.4, -0.2) is 40.2 Å². The number of benzene rings is 3. The molecule has 0 aliphatic rings. The van der Waals surface area contributed by atoms with Crippen LogP contribution in [0.4, 0.5) is 10.1 Å². The number of ether oxygens (including phenoxy) is 2. The fourth-order valence-electron chi connectivity index (χ4n) is 3.00. The van der Waals surface area contributed by atoms with Crippen molar-refractivity contribution in [3.63, 3.8) is 0 Å². The first-order chi connectivity index (χ1) is 15.5. The Labute approximate surface area is 187 Å². The van der Waals surface area contributed by atoms with Gasteiger partial charge in [-0.3, -0.25) is 10.1 Å². The zero-order valence-electron chi connectivity index (χ0n) is 17.1. The van der Waals surface area contributed by atoms with Gasteiger partial charge in [-0.2, -0.15) is 4.80 Å². The van der Waals surface area contributed by atoms with Gasteiger partial charge in [0.2, 0.25) is 0 Å². The summed E-state index contributed by atoms with van der Waals surface area (Å²) in [6.45, 7) is 0. The van der Waals surface area contributed by atoms with E-state index in [9.17, 15) is 9.18 Å². The van der Waals surface area contributed by atoms with Crippen molar-refractivity contribution in [3.05, 3.63) is 72.0 Å². The summed E-state index contributed by atoms with van der Waals surface area (Å²) in [6.07, 6.45) is 0. The monoisotopic (exact) mass is 451 g/mol. The molecule has 0 bridgehead atoms. The highest BCUT2D eigenvalue weighted by Crippen LogP contribution is 2.27. The molecule has 4 rings (SSSR count). The van der Waals surface area contributed by atoms with E-state index in [2.05, 4.69) is 20.8 Å². The molecule has 2 N–H and O–H groups in total. The van der Waals surface area contributed by atoms with Gasteiger partial charge in [-0.1, -0.05) is 0 Å². The van der Waals surface area contributed by atoms with Gasteiger partial charge in [0.25, 0.3) is 5.91 Å². The molecule has 0 unspecified atom stereocenters. The van der Waals surface area contributed by atoms with Gasteiger partial charge in [0, 0.05) is 11.3 Å². The summed E-state index contributed by atoms with van der Waals surface area (Å²) in [7, 11) is 3.01. The van der Waals surface area contributed by atoms with Crippen LogP contribution in [0.2, 0.25) is 0 Å². The number of nitrogens with zero attached hydrogens (tertiary/aromatic N) is 3. The van der Waals surface area contributed by atoms with Crippen molar-refractivity contribution in [1.29, 1.82) is 0 Å². The maximum absolute atomic E-state index is 13.1. The molecule has 1 heterocycles. The molecule has 3 aromatic carbocycles. The van der Waals surface area contributed by atoms with Gasteiger partial charge in [-0.15, -0.1) is 10.2 Å². The highest BCUT2D eigenvalue weighted by molar-refractivity contribution is 7.80. The van der Waals surface area contributed by atoms with E-state index in [1.165, 1.54) is 31.1 Å². The van der Waals surface area contributed by atoms with E-state index in [-0.39, 0.29) is 10.9 Å². The third-order valence-electron chi connectivity index (χ3n) is 4.57. The lowest BCUT2D eigenvalue weighted by Crippen LogP contribution is -2.34. The zero-order valence-corrected chi connectivity index (χ0v) is 17.9. The second-order valence-electron chi connectivity index (χ2n) is 6.65. The first-order valence-electron chi connectivity index (χ1n) is 9.44. The minimum Gasteiger partial charge on any atom is -0.493 e. The van der Waals surface area contributed by atoms with Gasteiger partial charge in [0.1, 0.15) is 16.9 Å². The lowest BCUT2D eigenvalue weighted by Gasteiger charge is -2.11. The maximum atomic E-state index is 13.1. The molecule has 0 aliphatic carbocycles. The molecule has 0 saturated heterocycles. The molecule has 0 spiro atoms. The minimum atomic E-state index is -0.396. The van der Waals surface area contributed by atoms with Crippen LogP contribution in [0, 0.1) is 5.82 Å². The Bertz CT molecular complexity index is 1310. The molecule has 32 heavy (non-hydrogen) atoms. The van der Waals surface area contributed by atoms with Gasteiger partial charge in [0.05, 0.1) is 19.9 Å². The van der Waals surface area contributed by atoms with E-state index in [0.29, 0.717) is 39.5 Å². The molecule has 1 aromatic heterocycles. The first kappa shape index (κ1) is 21.2. The highest BCUT2D eigenvalue weighted by Gasteiger charge is 2.13. The fourth-order valence-corrected chi connectivity index (χ4v) is 3.21. The molecule has 0 aliphatic heterocycles. The van der Waals surface area contributed by atoms with Gasteiger partial charge < -0.3 is 14.8 Å². The van der Waals surface area contributed by atoms with Crippen molar-refractivity contribution < 1.29 is 18.7 Å². The largest absolute Gasteiger partial charge is 0.493 e. The van der Waals surface area contributed by atoms with Crippen LogP contribution >= 0.6 is 12.2 Å². The van der Waals surface area contributed by atoms with Gasteiger partial charge in [-0.05, 0) is 72.9 Å². The lowest BCUT2D eigenvalue weighted by atomic mass is 10.2. The molecule has 0 saturated carbocycles. The second-order valence-corrected chi connectivity index (χ2v) is 7.06. The fraction of sp³-hybridized carbons (Fsp3) is 0.0909. The van der Waals surface area contributed by atoms with Crippen LogP contribution in [0.25, 0.3) is 16.7 Å². The Balaban J connectivity index is 1.46. The highest BCUT2D eigenvalue weighted by atomic mass is 32.1. The van der Waals surface area contributed by atoms with Crippen molar-refractivity contribution in [2.45, 2.75) is 0 Å². The third kappa shape index (κ3) is 4.49. The van der Waals surface area contributed by atoms with E-state index in [4.69, 9.17) is 21.7 Å². The Hall–Kier alpha value is -4.05. The molecule has 4 aromatic rings. The number of carbonyl (C=O) groups is 1. The number of anilines is 1. The SMILES string of the molecule is COc1ccc(C(=O)NC(=S)Nc2ccc3nn(-c4ccc(F)cc4)nc3c2)cc1OC. The van der Waals surface area contributed by atoms with Gasteiger partial charge in [0.15, 0.2) is 16.6 Å². The summed E-state index contributed by atoms with van der Waals surface area (Å²) in [6, 6.07) is 16.0. The van der Waals surface area contributed by atoms with Crippen molar-refractivity contribution in [1.82, 2.24) is 20.3 Å². The van der Waals surface area contributed by atoms with E-state index in [1.54, 1.807) is 48.5 Å². The van der Waals surface area contributed by atoms with Crippen LogP contribution in [0.5, 0.6) is 11.5 Å². The van der Waals surface area contributed by atoms with E-state index in [1.807, 2.05) is 0 Å². The number of amides is 1. The van der Waals surface area contributed by atoms with E-state index in [0.717, 1.165) is 0 Å². The lowest BCUT2D eigenvalue weighted by molar-refractivity contribution is 0.0977. The number of thiocarbonyl (C=S) groups is 1. The second kappa shape index (κ2) is 8.98. The number of carbonyl (C=O) groups excluding carboxylic acids is 1. The zero-order chi connectivity index (χ0) is 22.7. The van der Waals surface area contributed by atoms with Crippen molar-refractivity contribution in [3.8, 4) is 17.2 Å². The van der Waals surface area contributed by atoms with Crippen LogP contribution in [0.1, 0.15) is 10.4 Å². The molecule has 1 amide bonds. The summed E-state index contributed by atoms with van der Waals surface area (Å²) in [5, 5.41) is 14.5. The molecule has 0 fully saturated rings. The van der Waals surface area contributed by atoms with Crippen LogP contribution in [-0.2, 0) is 0 Å². The topological polar surface area (TPSA) is 90.3 Å². The van der Waals surface area contributed by atoms with Crippen LogP contribution < -0.4 is 20.1 Å². The molecule has 162 valence electrons. The van der Waals surface area contributed by atoms with Crippen molar-refractivity contribution in [2.75, 3.05) is 19.5 Å². The number of aromatic nitrogens is 3.